The highest BCUT2D eigenvalue weighted by molar-refractivity contribution is 5.64. The fourth-order valence-electron chi connectivity index (χ4n) is 1.02. The van der Waals surface area contributed by atoms with E-state index in [0.717, 1.165) is 6.54 Å². The molecule has 1 N–H and O–H groups in total. The third kappa shape index (κ3) is 1.26. The molecule has 0 aromatic heterocycles. The summed E-state index contributed by atoms with van der Waals surface area (Å²) in [7, 11) is 0. The molecule has 54 valence electrons. The fourth-order valence-corrected chi connectivity index (χ4v) is 1.02. The van der Waals surface area contributed by atoms with Crippen LogP contribution in [0.1, 0.15) is 0 Å². The summed E-state index contributed by atoms with van der Waals surface area (Å²) in [6.45, 7) is 8.32. The van der Waals surface area contributed by atoms with Gasteiger partial charge in [-0.15, -0.1) is 13.2 Å². The largest absolute Gasteiger partial charge is 0.310 e. The molecule has 0 saturated carbocycles. The standard InChI is InChI=1S/C8H12N2/c1-3-7-5-9-10-6-8(7)4-2/h3-5,7-8,10H,1-2,6H2. The molecule has 1 heterocycles. The molecule has 10 heavy (non-hydrogen) atoms. The first-order valence-corrected chi connectivity index (χ1v) is 3.39. The van der Waals surface area contributed by atoms with E-state index < -0.39 is 0 Å². The minimum atomic E-state index is 0.360. The van der Waals surface area contributed by atoms with E-state index in [2.05, 4.69) is 23.7 Å². The summed E-state index contributed by atoms with van der Waals surface area (Å²) < 4.78 is 0. The highest BCUT2D eigenvalue weighted by Crippen LogP contribution is 2.13. The Hall–Kier alpha value is -1.05. The first kappa shape index (κ1) is 7.06. The molecule has 0 radical (unpaired) electrons. The van der Waals surface area contributed by atoms with Crippen LogP contribution in [-0.2, 0) is 0 Å². The molecular weight excluding hydrogens is 124 g/mol. The maximum absolute atomic E-state index is 3.93. The zero-order chi connectivity index (χ0) is 7.40. The van der Waals surface area contributed by atoms with Crippen LogP contribution in [0.15, 0.2) is 30.4 Å². The highest BCUT2D eigenvalue weighted by atomic mass is 15.3. The van der Waals surface area contributed by atoms with Crippen molar-refractivity contribution in [3.63, 3.8) is 0 Å². The molecule has 0 aliphatic carbocycles. The van der Waals surface area contributed by atoms with Gasteiger partial charge in [0, 0.05) is 24.6 Å². The third-order valence-electron chi connectivity index (χ3n) is 1.73. The molecule has 0 aromatic carbocycles. The maximum Gasteiger partial charge on any atom is 0.0401 e. The third-order valence-corrected chi connectivity index (χ3v) is 1.73. The zero-order valence-electron chi connectivity index (χ0n) is 5.96. The molecule has 0 bridgehead atoms. The van der Waals surface area contributed by atoms with E-state index >= 15 is 0 Å². The number of allylic oxidation sites excluding steroid dienone is 1. The summed E-state index contributed by atoms with van der Waals surface area (Å²) in [6.07, 6.45) is 5.70. The topological polar surface area (TPSA) is 24.4 Å². The van der Waals surface area contributed by atoms with E-state index in [-0.39, 0.29) is 0 Å². The van der Waals surface area contributed by atoms with Crippen molar-refractivity contribution in [1.29, 1.82) is 0 Å². The van der Waals surface area contributed by atoms with Crippen LogP contribution in [0.3, 0.4) is 0 Å². The minimum absolute atomic E-state index is 0.360. The van der Waals surface area contributed by atoms with Crippen LogP contribution < -0.4 is 5.43 Å². The Morgan fingerprint density at radius 2 is 2.30 bits per heavy atom. The minimum Gasteiger partial charge on any atom is -0.310 e. The van der Waals surface area contributed by atoms with Gasteiger partial charge in [0.1, 0.15) is 0 Å². The Kier molecular flexibility index (Phi) is 2.26. The number of nitrogens with zero attached hydrogens (tertiary/aromatic N) is 1. The van der Waals surface area contributed by atoms with Crippen molar-refractivity contribution < 1.29 is 0 Å². The SMILES string of the molecule is C=CC1C=NNCC1C=C. The average molecular weight is 136 g/mol. The van der Waals surface area contributed by atoms with Crippen molar-refractivity contribution in [2.24, 2.45) is 16.9 Å². The predicted molar refractivity (Wildman–Crippen MR) is 43.9 cm³/mol. The summed E-state index contributed by atoms with van der Waals surface area (Å²) in [5.74, 6) is 0.814. The number of rotatable bonds is 2. The molecular formula is C8H12N2. The second-order valence-corrected chi connectivity index (χ2v) is 2.35. The van der Waals surface area contributed by atoms with Gasteiger partial charge in [-0.1, -0.05) is 12.2 Å². The maximum atomic E-state index is 3.93. The van der Waals surface area contributed by atoms with Crippen molar-refractivity contribution in [2.75, 3.05) is 6.54 Å². The van der Waals surface area contributed by atoms with Crippen LogP contribution in [0.4, 0.5) is 0 Å². The highest BCUT2D eigenvalue weighted by Gasteiger charge is 2.15. The van der Waals surface area contributed by atoms with Gasteiger partial charge in [-0.3, -0.25) is 0 Å². The lowest BCUT2D eigenvalue weighted by molar-refractivity contribution is 0.505. The molecule has 2 atom stereocenters. The Labute approximate surface area is 61.3 Å². The second-order valence-electron chi connectivity index (χ2n) is 2.35. The Bertz CT molecular complexity index is 161. The molecule has 0 fully saturated rings. The fraction of sp³-hybridized carbons (Fsp3) is 0.375. The van der Waals surface area contributed by atoms with Gasteiger partial charge in [0.25, 0.3) is 0 Å². The van der Waals surface area contributed by atoms with E-state index in [1.54, 1.807) is 0 Å². The van der Waals surface area contributed by atoms with Crippen molar-refractivity contribution in [2.45, 2.75) is 0 Å². The van der Waals surface area contributed by atoms with Gasteiger partial charge in [0.05, 0.1) is 0 Å². The molecule has 0 amide bonds. The molecule has 0 spiro atoms. The smallest absolute Gasteiger partial charge is 0.0401 e. The summed E-state index contributed by atoms with van der Waals surface area (Å²) in [6, 6.07) is 0. The number of hydrogen-bond acceptors (Lipinski definition) is 2. The van der Waals surface area contributed by atoms with Crippen molar-refractivity contribution in [1.82, 2.24) is 5.43 Å². The van der Waals surface area contributed by atoms with Gasteiger partial charge < -0.3 is 5.43 Å². The predicted octanol–water partition coefficient (Wildman–Crippen LogP) is 1.18. The van der Waals surface area contributed by atoms with E-state index in [4.69, 9.17) is 0 Å². The van der Waals surface area contributed by atoms with Crippen molar-refractivity contribution in [3.8, 4) is 0 Å². The number of hydrogen-bond donors (Lipinski definition) is 1. The van der Waals surface area contributed by atoms with Gasteiger partial charge in [0.2, 0.25) is 0 Å². The summed E-state index contributed by atoms with van der Waals surface area (Å²) in [5, 5.41) is 3.93. The lowest BCUT2D eigenvalue weighted by Crippen LogP contribution is -2.29. The van der Waals surface area contributed by atoms with Crippen LogP contribution in [0.2, 0.25) is 0 Å². The van der Waals surface area contributed by atoms with Crippen molar-refractivity contribution >= 4 is 6.21 Å². The molecule has 2 nitrogen and oxygen atoms in total. The monoisotopic (exact) mass is 136 g/mol. The molecule has 2 unspecified atom stereocenters. The van der Waals surface area contributed by atoms with E-state index in [1.165, 1.54) is 0 Å². The summed E-state index contributed by atoms with van der Waals surface area (Å²) in [5.41, 5.74) is 2.90. The average Bonchev–Trinajstić information content (AvgIpc) is 2.04. The van der Waals surface area contributed by atoms with Crippen LogP contribution in [0.25, 0.3) is 0 Å². The molecule has 0 aromatic rings. The van der Waals surface area contributed by atoms with Gasteiger partial charge >= 0.3 is 0 Å². The van der Waals surface area contributed by atoms with Crippen molar-refractivity contribution in [3.05, 3.63) is 25.3 Å². The van der Waals surface area contributed by atoms with Gasteiger partial charge in [-0.25, -0.2) is 0 Å². The number of nitrogens with one attached hydrogen (secondary N) is 1. The van der Waals surface area contributed by atoms with Crippen LogP contribution in [-0.4, -0.2) is 12.8 Å². The van der Waals surface area contributed by atoms with Crippen LogP contribution in [0.5, 0.6) is 0 Å². The lowest BCUT2D eigenvalue weighted by atomic mass is 9.93. The van der Waals surface area contributed by atoms with Crippen LogP contribution >= 0.6 is 0 Å². The molecule has 1 rings (SSSR count). The Morgan fingerprint density at radius 1 is 1.50 bits per heavy atom. The summed E-state index contributed by atoms with van der Waals surface area (Å²) >= 11 is 0. The lowest BCUT2D eigenvalue weighted by Gasteiger charge is -2.21. The van der Waals surface area contributed by atoms with Gasteiger partial charge in [-0.05, 0) is 0 Å². The first-order valence-electron chi connectivity index (χ1n) is 3.39. The molecule has 1 aliphatic heterocycles. The second kappa shape index (κ2) is 3.20. The molecule has 1 aliphatic rings. The van der Waals surface area contributed by atoms with E-state index in [9.17, 15) is 0 Å². The summed E-state index contributed by atoms with van der Waals surface area (Å²) in [4.78, 5) is 0. The zero-order valence-corrected chi connectivity index (χ0v) is 5.96. The normalized spacial score (nSPS) is 30.8. The van der Waals surface area contributed by atoms with E-state index in [0.29, 0.717) is 11.8 Å². The molecule has 0 saturated heterocycles. The molecule has 2 heteroatoms. The quantitative estimate of drug-likeness (QED) is 0.566. The van der Waals surface area contributed by atoms with Gasteiger partial charge in [-0.2, -0.15) is 5.10 Å². The first-order chi connectivity index (χ1) is 4.88. The van der Waals surface area contributed by atoms with E-state index in [1.807, 2.05) is 18.4 Å². The van der Waals surface area contributed by atoms with Crippen LogP contribution in [0, 0.1) is 11.8 Å². The Balaban J connectivity index is 2.64. The van der Waals surface area contributed by atoms with Gasteiger partial charge in [0.15, 0.2) is 0 Å². The Morgan fingerprint density at radius 3 is 2.80 bits per heavy atom. The number of hydrazone groups is 1.